The van der Waals surface area contributed by atoms with Crippen molar-refractivity contribution in [2.45, 2.75) is 32.6 Å². The van der Waals surface area contributed by atoms with E-state index in [2.05, 4.69) is 4.98 Å². The Morgan fingerprint density at radius 1 is 0.938 bits per heavy atom. The number of rotatable bonds is 4. The van der Waals surface area contributed by atoms with Gasteiger partial charge < -0.3 is 9.88 Å². The minimum atomic E-state index is -0.189. The predicted molar refractivity (Wildman–Crippen MR) is 122 cm³/mol. The van der Waals surface area contributed by atoms with Crippen molar-refractivity contribution in [2.24, 2.45) is 0 Å². The molecule has 0 atom stereocenters. The molecule has 2 aliphatic rings. The lowest BCUT2D eigenvalue weighted by molar-refractivity contribution is -0.139. The molecule has 1 aromatic heterocycles. The lowest BCUT2D eigenvalue weighted by Crippen LogP contribution is -2.45. The molecule has 7 nitrogen and oxygen atoms in total. The van der Waals surface area contributed by atoms with E-state index in [1.54, 1.807) is 27.1 Å². The Morgan fingerprint density at radius 3 is 2.44 bits per heavy atom. The fourth-order valence-electron chi connectivity index (χ4n) is 4.74. The van der Waals surface area contributed by atoms with Crippen LogP contribution in [-0.2, 0) is 16.0 Å². The van der Waals surface area contributed by atoms with E-state index in [0.717, 1.165) is 40.7 Å². The third-order valence-corrected chi connectivity index (χ3v) is 6.41. The van der Waals surface area contributed by atoms with E-state index in [0.29, 0.717) is 31.6 Å². The second-order valence-electron chi connectivity index (χ2n) is 8.45. The summed E-state index contributed by atoms with van der Waals surface area (Å²) in [5.41, 5.74) is 4.29. The van der Waals surface area contributed by atoms with Crippen LogP contribution in [0.4, 0.5) is 5.69 Å². The normalized spacial score (nSPS) is 16.4. The summed E-state index contributed by atoms with van der Waals surface area (Å²) in [6.45, 7) is 3.74. The minimum Gasteiger partial charge on any atom is -0.358 e. The Kier molecular flexibility index (Phi) is 5.17. The zero-order valence-electron chi connectivity index (χ0n) is 18.1. The molecule has 0 unspecified atom stereocenters. The van der Waals surface area contributed by atoms with Gasteiger partial charge in [0.15, 0.2) is 0 Å². The Hall–Kier alpha value is -3.61. The van der Waals surface area contributed by atoms with Crippen molar-refractivity contribution in [1.82, 2.24) is 15.0 Å². The van der Waals surface area contributed by atoms with Crippen LogP contribution in [0, 0.1) is 6.92 Å². The number of aryl methyl sites for hydroxylation is 1. The summed E-state index contributed by atoms with van der Waals surface area (Å²) in [5.74, 6) is -0.151. The summed E-state index contributed by atoms with van der Waals surface area (Å²) in [4.78, 5) is 43.4. The van der Waals surface area contributed by atoms with Crippen LogP contribution in [0.1, 0.15) is 40.9 Å². The monoisotopic (exact) mass is 430 g/mol. The highest BCUT2D eigenvalue weighted by atomic mass is 16.2. The van der Waals surface area contributed by atoms with E-state index in [-0.39, 0.29) is 24.1 Å². The molecule has 0 aliphatic carbocycles. The number of benzene rings is 2. The quantitative estimate of drug-likeness (QED) is 0.689. The molecule has 2 aromatic carbocycles. The first-order valence-electron chi connectivity index (χ1n) is 11.1. The number of hydrogen-bond acceptors (Lipinski definition) is 3. The highest BCUT2D eigenvalue weighted by molar-refractivity contribution is 5.98. The molecule has 7 heteroatoms. The molecule has 5 rings (SSSR count). The van der Waals surface area contributed by atoms with Gasteiger partial charge in [-0.2, -0.15) is 0 Å². The van der Waals surface area contributed by atoms with E-state index in [1.165, 1.54) is 0 Å². The van der Waals surface area contributed by atoms with E-state index < -0.39 is 0 Å². The van der Waals surface area contributed by atoms with Crippen molar-refractivity contribution >= 4 is 34.3 Å². The topological polar surface area (TPSA) is 76.7 Å². The summed E-state index contributed by atoms with van der Waals surface area (Å²) in [5, 5.41) is 4.19. The Morgan fingerprint density at radius 2 is 1.69 bits per heavy atom. The first-order chi connectivity index (χ1) is 15.5. The molecule has 1 N–H and O–H groups in total. The van der Waals surface area contributed by atoms with Crippen molar-refractivity contribution in [3.05, 3.63) is 65.4 Å². The molecule has 164 valence electrons. The van der Waals surface area contributed by atoms with E-state index in [4.69, 9.17) is 0 Å². The zero-order chi connectivity index (χ0) is 22.2. The van der Waals surface area contributed by atoms with Gasteiger partial charge in [-0.15, -0.1) is 0 Å². The molecular formula is C25H26N4O3. The van der Waals surface area contributed by atoms with Crippen LogP contribution < -0.4 is 4.90 Å². The third-order valence-electron chi connectivity index (χ3n) is 6.41. The number of nitrogens with one attached hydrogen (secondary N) is 1. The van der Waals surface area contributed by atoms with E-state index in [9.17, 15) is 14.4 Å². The summed E-state index contributed by atoms with van der Waals surface area (Å²) in [7, 11) is 0. The second-order valence-corrected chi connectivity index (χ2v) is 8.45. The van der Waals surface area contributed by atoms with Crippen LogP contribution in [0.5, 0.6) is 0 Å². The van der Waals surface area contributed by atoms with Gasteiger partial charge in [0.25, 0.3) is 5.91 Å². The van der Waals surface area contributed by atoms with Gasteiger partial charge in [-0.25, -0.2) is 5.01 Å². The smallest absolute Gasteiger partial charge is 0.272 e. The fraction of sp³-hybridized carbons (Fsp3) is 0.320. The third kappa shape index (κ3) is 3.53. The number of carbonyl (C=O) groups is 3. The molecule has 3 aromatic rings. The van der Waals surface area contributed by atoms with Crippen LogP contribution in [-0.4, -0.2) is 52.4 Å². The van der Waals surface area contributed by atoms with Gasteiger partial charge in [-0.05, 0) is 55.7 Å². The summed E-state index contributed by atoms with van der Waals surface area (Å²) >= 11 is 0. The number of hydrazine groups is 1. The number of hydrogen-bond donors (Lipinski definition) is 1. The number of fused-ring (bicyclic) bond motifs is 1. The first kappa shape index (κ1) is 20.3. The second kappa shape index (κ2) is 8.15. The van der Waals surface area contributed by atoms with Gasteiger partial charge in [-0.3, -0.25) is 19.4 Å². The number of aromatic amines is 1. The molecule has 3 amide bonds. The number of aromatic nitrogens is 1. The number of H-pyrrole nitrogens is 1. The van der Waals surface area contributed by atoms with Gasteiger partial charge in [0.2, 0.25) is 11.8 Å². The van der Waals surface area contributed by atoms with Crippen molar-refractivity contribution < 1.29 is 14.4 Å². The number of carbonyl (C=O) groups excluding carboxylic acids is 3. The highest BCUT2D eigenvalue weighted by Crippen LogP contribution is 2.25. The van der Waals surface area contributed by atoms with E-state index in [1.807, 2.05) is 43.3 Å². The molecule has 2 aliphatic heterocycles. The molecule has 0 bridgehead atoms. The van der Waals surface area contributed by atoms with Gasteiger partial charge in [0.05, 0.1) is 6.42 Å². The summed E-state index contributed by atoms with van der Waals surface area (Å²) in [6.07, 6.45) is 2.43. The minimum absolute atomic E-state index is 0.0806. The van der Waals surface area contributed by atoms with Crippen molar-refractivity contribution in [2.75, 3.05) is 24.5 Å². The molecule has 0 spiro atoms. The van der Waals surface area contributed by atoms with Gasteiger partial charge in [0, 0.05) is 53.9 Å². The SMILES string of the molecule is Cc1[nH]c2ccccc2c1CC(=O)N1CCCN1C(=O)c1ccc(N2CCCC2=O)cc1. The lowest BCUT2D eigenvalue weighted by atomic mass is 10.1. The molecule has 0 saturated carbocycles. The lowest BCUT2D eigenvalue weighted by Gasteiger charge is -2.28. The number of amides is 3. The maximum absolute atomic E-state index is 13.2. The standard InChI is InChI=1S/C25H26N4O3/c1-17-21(20-6-2-3-7-22(20)26-17)16-24(31)28-14-5-15-29(28)25(32)18-9-11-19(12-10-18)27-13-4-8-23(27)30/h2-3,6-7,9-12,26H,4-5,8,13-16H2,1H3. The fourth-order valence-corrected chi connectivity index (χ4v) is 4.74. The van der Waals surface area contributed by atoms with Crippen molar-refractivity contribution in [3.63, 3.8) is 0 Å². The molecule has 3 heterocycles. The highest BCUT2D eigenvalue weighted by Gasteiger charge is 2.32. The predicted octanol–water partition coefficient (Wildman–Crippen LogP) is 3.44. The van der Waals surface area contributed by atoms with Gasteiger partial charge >= 0.3 is 0 Å². The average Bonchev–Trinajstić information content (AvgIpc) is 3.53. The van der Waals surface area contributed by atoms with Gasteiger partial charge in [-0.1, -0.05) is 18.2 Å². The Labute approximate surface area is 186 Å². The number of para-hydroxylation sites is 1. The largest absolute Gasteiger partial charge is 0.358 e. The first-order valence-corrected chi connectivity index (χ1v) is 11.1. The number of nitrogens with zero attached hydrogens (tertiary/aromatic N) is 3. The number of anilines is 1. The van der Waals surface area contributed by atoms with Crippen LogP contribution in [0.25, 0.3) is 10.9 Å². The summed E-state index contributed by atoms with van der Waals surface area (Å²) in [6, 6.07) is 15.1. The van der Waals surface area contributed by atoms with E-state index >= 15 is 0 Å². The molecule has 2 saturated heterocycles. The maximum atomic E-state index is 13.2. The van der Waals surface area contributed by atoms with Crippen LogP contribution in [0.15, 0.2) is 48.5 Å². The Balaban J connectivity index is 1.32. The Bertz CT molecular complexity index is 1200. The van der Waals surface area contributed by atoms with Crippen LogP contribution in [0.3, 0.4) is 0 Å². The molecular weight excluding hydrogens is 404 g/mol. The van der Waals surface area contributed by atoms with Crippen molar-refractivity contribution in [1.29, 1.82) is 0 Å². The average molecular weight is 431 g/mol. The summed E-state index contributed by atoms with van der Waals surface area (Å²) < 4.78 is 0. The van der Waals surface area contributed by atoms with Gasteiger partial charge in [0.1, 0.15) is 0 Å². The zero-order valence-corrected chi connectivity index (χ0v) is 18.1. The molecule has 2 fully saturated rings. The van der Waals surface area contributed by atoms with Crippen LogP contribution in [0.2, 0.25) is 0 Å². The molecule has 0 radical (unpaired) electrons. The molecule has 32 heavy (non-hydrogen) atoms. The van der Waals surface area contributed by atoms with Crippen molar-refractivity contribution in [3.8, 4) is 0 Å². The van der Waals surface area contributed by atoms with Crippen LogP contribution >= 0.6 is 0 Å². The maximum Gasteiger partial charge on any atom is 0.272 e.